The van der Waals surface area contributed by atoms with Crippen molar-refractivity contribution < 1.29 is 5.11 Å². The number of pyridine rings is 1. The van der Waals surface area contributed by atoms with Crippen LogP contribution in [-0.4, -0.2) is 65.9 Å². The smallest absolute Gasteiger partial charge is 0.245 e. The third-order valence-corrected chi connectivity index (χ3v) is 4.97. The third-order valence-electron chi connectivity index (χ3n) is 4.97. The Hall–Kier alpha value is -3.14. The number of hydrogen-bond acceptors (Lipinski definition) is 9. The van der Waals surface area contributed by atoms with Gasteiger partial charge < -0.3 is 15.3 Å². The normalized spacial score (nSPS) is 20.0. The van der Waals surface area contributed by atoms with E-state index in [-0.39, 0.29) is 5.75 Å². The number of aromatic nitrogens is 7. The fraction of sp³-hybridized carbons (Fsp3) is 0.412. The fourth-order valence-electron chi connectivity index (χ4n) is 3.39. The van der Waals surface area contributed by atoms with E-state index in [9.17, 15) is 5.11 Å². The van der Waals surface area contributed by atoms with E-state index in [2.05, 4.69) is 40.6 Å². The molecule has 0 unspecified atom stereocenters. The van der Waals surface area contributed by atoms with Crippen molar-refractivity contribution in [1.29, 1.82) is 0 Å². The number of rotatable bonds is 4. The van der Waals surface area contributed by atoms with Gasteiger partial charge >= 0.3 is 0 Å². The number of nitrogens with zero attached hydrogens (tertiary/aromatic N) is 8. The minimum Gasteiger partial charge on any atom is -0.506 e. The first kappa shape index (κ1) is 16.1. The molecule has 1 aliphatic carbocycles. The van der Waals surface area contributed by atoms with E-state index in [0.717, 1.165) is 25.6 Å². The number of nitrogens with one attached hydrogen (secondary N) is 1. The summed E-state index contributed by atoms with van der Waals surface area (Å²) in [4.78, 5) is 12.3. The molecule has 10 heteroatoms. The predicted molar refractivity (Wildman–Crippen MR) is 96.4 cm³/mol. The monoisotopic (exact) mass is 365 g/mol. The first-order valence-electron chi connectivity index (χ1n) is 9.02. The van der Waals surface area contributed by atoms with Gasteiger partial charge in [0.15, 0.2) is 0 Å². The molecular weight excluding hydrogens is 346 g/mol. The summed E-state index contributed by atoms with van der Waals surface area (Å²) >= 11 is 0. The lowest BCUT2D eigenvalue weighted by Gasteiger charge is -2.33. The highest BCUT2D eigenvalue weighted by Gasteiger charge is 2.34. The van der Waals surface area contributed by atoms with E-state index >= 15 is 0 Å². The molecule has 5 rings (SSSR count). The average Bonchev–Trinajstić information content (AvgIpc) is 3.42. The van der Waals surface area contributed by atoms with E-state index in [1.54, 1.807) is 24.8 Å². The summed E-state index contributed by atoms with van der Waals surface area (Å²) in [5.74, 6) is 1.37. The molecule has 1 saturated carbocycles. The van der Waals surface area contributed by atoms with Gasteiger partial charge in [0, 0.05) is 31.7 Å². The zero-order valence-corrected chi connectivity index (χ0v) is 14.6. The summed E-state index contributed by atoms with van der Waals surface area (Å²) in [6.07, 6.45) is 8.90. The Balaban J connectivity index is 1.35. The van der Waals surface area contributed by atoms with Crippen LogP contribution in [0.25, 0.3) is 17.1 Å². The minimum absolute atomic E-state index is 0.0235. The van der Waals surface area contributed by atoms with Gasteiger partial charge in [-0.25, -0.2) is 9.97 Å². The van der Waals surface area contributed by atoms with Crippen molar-refractivity contribution in [2.75, 3.05) is 24.5 Å². The summed E-state index contributed by atoms with van der Waals surface area (Å²) in [6, 6.07) is 2.05. The zero-order chi connectivity index (χ0) is 18.2. The molecule has 2 fully saturated rings. The molecule has 0 amide bonds. The minimum atomic E-state index is -0.0235. The van der Waals surface area contributed by atoms with Crippen molar-refractivity contribution in [2.45, 2.75) is 18.9 Å². The second-order valence-electron chi connectivity index (χ2n) is 6.87. The van der Waals surface area contributed by atoms with Crippen LogP contribution in [-0.2, 0) is 0 Å². The molecule has 3 aromatic heterocycles. The van der Waals surface area contributed by atoms with Crippen LogP contribution in [0.15, 0.2) is 30.9 Å². The van der Waals surface area contributed by atoms with Gasteiger partial charge in [-0.3, -0.25) is 0 Å². The van der Waals surface area contributed by atoms with E-state index in [4.69, 9.17) is 0 Å². The standard InChI is InChI=1S/C17H19N9O/c27-15-7-12(26-21-3-4-22-26)8-19-16(15)13-9-20-17(24-23-13)25-6-5-18-14(10-25)11-1-2-11/h3-4,7-9,11,14,18,27H,1-2,5-6,10H2/t14-/m1/s1. The molecule has 0 bridgehead atoms. The van der Waals surface area contributed by atoms with E-state index in [1.807, 2.05) is 0 Å². The highest BCUT2D eigenvalue weighted by Crippen LogP contribution is 2.34. The summed E-state index contributed by atoms with van der Waals surface area (Å²) < 4.78 is 0. The van der Waals surface area contributed by atoms with E-state index in [0.29, 0.717) is 29.1 Å². The molecule has 27 heavy (non-hydrogen) atoms. The summed E-state index contributed by atoms with van der Waals surface area (Å²) in [5, 5.41) is 30.4. The van der Waals surface area contributed by atoms with E-state index in [1.165, 1.54) is 23.7 Å². The molecule has 1 aliphatic heterocycles. The van der Waals surface area contributed by atoms with Gasteiger partial charge in [0.2, 0.25) is 5.95 Å². The van der Waals surface area contributed by atoms with Crippen LogP contribution in [0, 0.1) is 5.92 Å². The maximum absolute atomic E-state index is 10.3. The Morgan fingerprint density at radius 2 is 1.93 bits per heavy atom. The van der Waals surface area contributed by atoms with Crippen LogP contribution in [0.4, 0.5) is 5.95 Å². The largest absolute Gasteiger partial charge is 0.506 e. The van der Waals surface area contributed by atoms with Crippen LogP contribution < -0.4 is 10.2 Å². The maximum atomic E-state index is 10.3. The third kappa shape index (κ3) is 3.19. The van der Waals surface area contributed by atoms with Crippen LogP contribution in [0.5, 0.6) is 5.75 Å². The SMILES string of the molecule is Oc1cc(-n2nccn2)cnc1-c1cnc(N2CCN[C@@H](C3CC3)C2)nn1. The van der Waals surface area contributed by atoms with Gasteiger partial charge in [0.1, 0.15) is 22.8 Å². The van der Waals surface area contributed by atoms with Crippen molar-refractivity contribution >= 4 is 5.95 Å². The lowest BCUT2D eigenvalue weighted by molar-refractivity contribution is 0.414. The van der Waals surface area contributed by atoms with Crippen LogP contribution in [0.2, 0.25) is 0 Å². The van der Waals surface area contributed by atoms with Gasteiger partial charge in [0.25, 0.3) is 0 Å². The van der Waals surface area contributed by atoms with E-state index < -0.39 is 0 Å². The Morgan fingerprint density at radius 1 is 1.07 bits per heavy atom. The van der Waals surface area contributed by atoms with Crippen LogP contribution in [0.3, 0.4) is 0 Å². The van der Waals surface area contributed by atoms with Gasteiger partial charge in [-0.05, 0) is 18.8 Å². The Bertz CT molecular complexity index is 924. The molecule has 138 valence electrons. The van der Waals surface area contributed by atoms with Crippen molar-refractivity contribution in [3.8, 4) is 22.8 Å². The van der Waals surface area contributed by atoms with Crippen LogP contribution in [0.1, 0.15) is 12.8 Å². The van der Waals surface area contributed by atoms with Crippen molar-refractivity contribution in [1.82, 2.24) is 40.5 Å². The molecular formula is C17H19N9O. The molecule has 0 spiro atoms. The highest BCUT2D eigenvalue weighted by atomic mass is 16.3. The Labute approximate surface area is 155 Å². The first-order chi connectivity index (χ1) is 13.3. The topological polar surface area (TPSA) is 118 Å². The molecule has 2 N–H and O–H groups in total. The second-order valence-corrected chi connectivity index (χ2v) is 6.87. The summed E-state index contributed by atoms with van der Waals surface area (Å²) in [7, 11) is 0. The quantitative estimate of drug-likeness (QED) is 0.677. The molecule has 2 aliphatic rings. The fourth-order valence-corrected chi connectivity index (χ4v) is 3.39. The van der Waals surface area contributed by atoms with Gasteiger partial charge in [-0.15, -0.1) is 15.0 Å². The molecule has 1 saturated heterocycles. The van der Waals surface area contributed by atoms with Crippen molar-refractivity contribution in [2.24, 2.45) is 5.92 Å². The molecule has 1 atom stereocenters. The van der Waals surface area contributed by atoms with Crippen molar-refractivity contribution in [3.63, 3.8) is 0 Å². The van der Waals surface area contributed by atoms with Gasteiger partial charge in [-0.2, -0.15) is 10.2 Å². The Morgan fingerprint density at radius 3 is 2.63 bits per heavy atom. The Kier molecular flexibility index (Phi) is 3.89. The van der Waals surface area contributed by atoms with Gasteiger partial charge in [-0.1, -0.05) is 0 Å². The number of aromatic hydroxyl groups is 1. The maximum Gasteiger partial charge on any atom is 0.245 e. The molecule has 0 radical (unpaired) electrons. The second kappa shape index (κ2) is 6.54. The number of anilines is 1. The molecule has 0 aromatic carbocycles. The lowest BCUT2D eigenvalue weighted by atomic mass is 10.1. The molecule has 3 aromatic rings. The zero-order valence-electron chi connectivity index (χ0n) is 14.6. The number of hydrogen-bond donors (Lipinski definition) is 2. The van der Waals surface area contributed by atoms with Gasteiger partial charge in [0.05, 0.1) is 24.8 Å². The number of piperazine rings is 1. The summed E-state index contributed by atoms with van der Waals surface area (Å²) in [6.45, 7) is 2.69. The summed E-state index contributed by atoms with van der Waals surface area (Å²) in [5.41, 5.74) is 1.31. The first-order valence-corrected chi connectivity index (χ1v) is 9.02. The molecule has 10 nitrogen and oxygen atoms in total. The average molecular weight is 365 g/mol. The van der Waals surface area contributed by atoms with Crippen molar-refractivity contribution in [3.05, 3.63) is 30.9 Å². The predicted octanol–water partition coefficient (Wildman–Crippen LogP) is 0.408. The molecule has 4 heterocycles. The van der Waals surface area contributed by atoms with Crippen LogP contribution >= 0.6 is 0 Å². The highest BCUT2D eigenvalue weighted by molar-refractivity contribution is 5.62. The lowest BCUT2D eigenvalue weighted by Crippen LogP contribution is -2.52.